The summed E-state index contributed by atoms with van der Waals surface area (Å²) in [7, 11) is 0. The summed E-state index contributed by atoms with van der Waals surface area (Å²) in [5.74, 6) is -3.28. The average molecular weight is 596 g/mol. The molecule has 0 spiro atoms. The van der Waals surface area contributed by atoms with E-state index in [0.717, 1.165) is 21.3 Å². The number of hydrogen-bond donors (Lipinski definition) is 4. The van der Waals surface area contributed by atoms with Crippen LogP contribution in [0, 0.1) is 0 Å². The third-order valence-corrected chi connectivity index (χ3v) is 7.89. The van der Waals surface area contributed by atoms with Crippen LogP contribution >= 0.6 is 35.1 Å². The molecule has 0 bridgehead atoms. The summed E-state index contributed by atoms with van der Waals surface area (Å²) in [5.41, 5.74) is 10.4. The first-order valence-corrected chi connectivity index (χ1v) is 13.6. The second-order valence-corrected chi connectivity index (χ2v) is 10.6. The van der Waals surface area contributed by atoms with E-state index < -0.39 is 47.7 Å². The van der Waals surface area contributed by atoms with E-state index in [1.807, 2.05) is 0 Å². The second kappa shape index (κ2) is 12.2. The van der Waals surface area contributed by atoms with E-state index in [0.29, 0.717) is 5.57 Å². The lowest BCUT2D eigenvalue weighted by molar-refractivity contribution is -0.684. The van der Waals surface area contributed by atoms with Gasteiger partial charge in [0, 0.05) is 34.3 Å². The number of pyridine rings is 1. The van der Waals surface area contributed by atoms with Crippen LogP contribution in [0.4, 0.5) is 9.52 Å². The van der Waals surface area contributed by atoms with Gasteiger partial charge in [0.05, 0.1) is 0 Å². The van der Waals surface area contributed by atoms with Crippen LogP contribution in [0.1, 0.15) is 5.82 Å². The molecule has 2 aliphatic heterocycles. The van der Waals surface area contributed by atoms with Gasteiger partial charge in [-0.05, 0) is 17.1 Å². The van der Waals surface area contributed by atoms with E-state index in [1.54, 1.807) is 40.6 Å². The van der Waals surface area contributed by atoms with Gasteiger partial charge in [-0.15, -0.1) is 11.8 Å². The minimum absolute atomic E-state index is 0.0356. The number of carboxylic acid groups (broad SMARTS) is 1. The zero-order valence-corrected chi connectivity index (χ0v) is 22.2. The summed E-state index contributed by atoms with van der Waals surface area (Å²) >= 11 is 3.36. The van der Waals surface area contributed by atoms with Crippen molar-refractivity contribution in [1.82, 2.24) is 19.6 Å². The number of anilines is 1. The van der Waals surface area contributed by atoms with E-state index in [-0.39, 0.29) is 29.0 Å². The molecule has 14 nitrogen and oxygen atoms in total. The number of alkyl halides is 1. The number of aromatic nitrogens is 3. The van der Waals surface area contributed by atoms with Gasteiger partial charge in [-0.25, -0.2) is 9.18 Å². The van der Waals surface area contributed by atoms with Crippen LogP contribution in [-0.2, 0) is 30.6 Å². The van der Waals surface area contributed by atoms with Gasteiger partial charge in [-0.2, -0.15) is 13.9 Å². The Bertz CT molecular complexity index is 1400. The number of allylic oxidation sites excluding steroid dienone is 1. The van der Waals surface area contributed by atoms with Crippen molar-refractivity contribution in [2.24, 2.45) is 10.9 Å². The van der Waals surface area contributed by atoms with Gasteiger partial charge in [0.1, 0.15) is 17.1 Å². The highest BCUT2D eigenvalue weighted by atomic mass is 32.2. The summed E-state index contributed by atoms with van der Waals surface area (Å²) < 4.78 is 18.0. The number of rotatable bonds is 11. The zero-order valence-electron chi connectivity index (χ0n) is 19.7. The molecule has 18 heteroatoms. The Labute approximate surface area is 232 Å². The van der Waals surface area contributed by atoms with Crippen LogP contribution in [0.3, 0.4) is 0 Å². The fourth-order valence-electron chi connectivity index (χ4n) is 3.59. The van der Waals surface area contributed by atoms with Crippen LogP contribution in [-0.4, -0.2) is 72.8 Å². The van der Waals surface area contributed by atoms with E-state index in [1.165, 1.54) is 23.5 Å². The van der Waals surface area contributed by atoms with Crippen LogP contribution < -0.4 is 21.4 Å². The number of β-lactam (4-membered cyclic amide) rings is 1. The fraction of sp³-hybridized carbons (Fsp3) is 0.238. The Morgan fingerprint density at radius 3 is 2.74 bits per heavy atom. The van der Waals surface area contributed by atoms with Crippen molar-refractivity contribution in [3.05, 3.63) is 53.1 Å². The summed E-state index contributed by atoms with van der Waals surface area (Å²) in [6.45, 7) is -1.26. The lowest BCUT2D eigenvalue weighted by Gasteiger charge is -2.49. The first-order valence-electron chi connectivity index (χ1n) is 10.9. The molecule has 4 rings (SSSR count). The largest absolute Gasteiger partial charge is 0.477 e. The number of nitrogen functional groups attached to an aromatic ring is 1. The van der Waals surface area contributed by atoms with Crippen molar-refractivity contribution in [2.45, 2.75) is 22.9 Å². The van der Waals surface area contributed by atoms with Gasteiger partial charge in [0.2, 0.25) is 18.1 Å². The predicted octanol–water partition coefficient (Wildman–Crippen LogP) is -0.415. The van der Waals surface area contributed by atoms with Crippen molar-refractivity contribution in [2.75, 3.05) is 18.3 Å². The molecule has 0 unspecified atom stereocenters. The second-order valence-electron chi connectivity index (χ2n) is 7.77. The predicted molar refractivity (Wildman–Crippen MR) is 138 cm³/mol. The summed E-state index contributed by atoms with van der Waals surface area (Å²) in [4.78, 5) is 58.9. The van der Waals surface area contributed by atoms with Gasteiger partial charge in [0.25, 0.3) is 24.6 Å². The number of primary amides is 1. The topological polar surface area (TPSA) is 207 Å². The number of carbonyl (C=O) groups is 4. The number of fused-ring (bicyclic) bond motifs is 1. The van der Waals surface area contributed by atoms with Crippen LogP contribution in [0.2, 0.25) is 0 Å². The van der Waals surface area contributed by atoms with Crippen molar-refractivity contribution in [3.8, 4) is 0 Å². The Morgan fingerprint density at radius 2 is 2.13 bits per heavy atom. The first kappa shape index (κ1) is 28.0. The number of hydrogen-bond acceptors (Lipinski definition) is 12. The maximum atomic E-state index is 12.9. The Hall–Kier alpha value is -4.03. The monoisotopic (exact) mass is 595 g/mol. The van der Waals surface area contributed by atoms with Gasteiger partial charge in [-0.3, -0.25) is 19.3 Å². The SMILES string of the molecule is NC(=O)C[n+]1ccc(S/C=C/C2=C(C(=O)O)N3C(=O)[C@@H](NC(=O)/C(=N\OCF)c4nsc(N)n4)[C@H]3SC2)cc1. The lowest BCUT2D eigenvalue weighted by atomic mass is 10.0. The molecule has 204 valence electrons. The maximum absolute atomic E-state index is 12.9. The summed E-state index contributed by atoms with van der Waals surface area (Å²) in [5, 5.41) is 16.7. The zero-order chi connectivity index (χ0) is 28.1. The average Bonchev–Trinajstić information content (AvgIpc) is 3.33. The van der Waals surface area contributed by atoms with Crippen molar-refractivity contribution in [1.29, 1.82) is 0 Å². The number of carboxylic acids is 1. The molecule has 39 heavy (non-hydrogen) atoms. The molecule has 0 aromatic carbocycles. The van der Waals surface area contributed by atoms with Crippen LogP contribution in [0.25, 0.3) is 0 Å². The number of amides is 3. The summed E-state index contributed by atoms with van der Waals surface area (Å²) in [6.07, 6.45) is 4.99. The van der Waals surface area contributed by atoms with Crippen molar-refractivity contribution in [3.63, 3.8) is 0 Å². The molecule has 0 aliphatic carbocycles. The molecule has 2 aromatic heterocycles. The van der Waals surface area contributed by atoms with Crippen LogP contribution in [0.5, 0.6) is 0 Å². The number of aliphatic carboxylic acids is 1. The minimum Gasteiger partial charge on any atom is -0.477 e. The Balaban J connectivity index is 1.45. The third-order valence-electron chi connectivity index (χ3n) is 5.23. The van der Waals surface area contributed by atoms with E-state index in [4.69, 9.17) is 11.5 Å². The molecule has 1 saturated heterocycles. The number of nitrogens with zero attached hydrogens (tertiary/aromatic N) is 5. The first-order chi connectivity index (χ1) is 18.7. The molecule has 0 saturated carbocycles. The number of nitrogens with one attached hydrogen (secondary N) is 1. The number of oxime groups is 1. The Morgan fingerprint density at radius 1 is 1.38 bits per heavy atom. The van der Waals surface area contributed by atoms with Crippen molar-refractivity contribution < 1.29 is 38.1 Å². The van der Waals surface area contributed by atoms with Crippen LogP contribution in [0.15, 0.2) is 57.3 Å². The van der Waals surface area contributed by atoms with Crippen molar-refractivity contribution >= 4 is 69.6 Å². The molecule has 3 amide bonds. The van der Waals surface area contributed by atoms with Gasteiger partial charge in [-0.1, -0.05) is 16.9 Å². The van der Waals surface area contributed by atoms with Gasteiger partial charge in [0.15, 0.2) is 17.5 Å². The molecule has 0 radical (unpaired) electrons. The molecule has 1 fully saturated rings. The number of nitrogens with two attached hydrogens (primary N) is 2. The summed E-state index contributed by atoms with van der Waals surface area (Å²) in [6, 6.07) is 2.47. The standard InChI is InChI=1S/C21H19FN8O6S3/c22-9-36-27-13(16-26-21(24)39-28-16)17(32)25-14-18(33)30-15(20(34)35)10(8-38-19(14)30)3-6-37-11-1-4-29(5-2-11)7-12(23)31/h1-6,14,19H,7-9H2,(H5-,23,24,25,26,28,31,32,34,35)/p+1/b6-3+,27-13-/t14-,19-/m1/s1. The molecule has 2 aromatic rings. The molecular weight excluding hydrogens is 575 g/mol. The van der Waals surface area contributed by atoms with E-state index in [9.17, 15) is 28.7 Å². The normalized spacial score (nSPS) is 19.1. The molecule has 2 aliphatic rings. The minimum atomic E-state index is -1.31. The highest BCUT2D eigenvalue weighted by molar-refractivity contribution is 8.02. The maximum Gasteiger partial charge on any atom is 0.352 e. The smallest absolute Gasteiger partial charge is 0.352 e. The highest BCUT2D eigenvalue weighted by Crippen LogP contribution is 2.41. The molecule has 4 heterocycles. The number of halogens is 1. The van der Waals surface area contributed by atoms with Gasteiger partial charge >= 0.3 is 5.97 Å². The van der Waals surface area contributed by atoms with E-state index in [2.05, 4.69) is 24.7 Å². The lowest BCUT2D eigenvalue weighted by Crippen LogP contribution is -2.71. The quantitative estimate of drug-likeness (QED) is 0.0863. The molecule has 2 atom stereocenters. The number of carbonyl (C=O) groups excluding carboxylic acids is 3. The fourth-order valence-corrected chi connectivity index (χ4v) is 6.01. The Kier molecular flexibility index (Phi) is 8.77. The third kappa shape index (κ3) is 6.35. The molecule has 6 N–H and O–H groups in total. The van der Waals surface area contributed by atoms with E-state index >= 15 is 0 Å². The van der Waals surface area contributed by atoms with Gasteiger partial charge < -0.3 is 26.7 Å². The highest BCUT2D eigenvalue weighted by Gasteiger charge is 2.54. The molecular formula is C21H20FN8O6S3+. The number of thioether (sulfide) groups is 2.